The molecule has 0 saturated carbocycles. The van der Waals surface area contributed by atoms with Crippen molar-refractivity contribution in [3.63, 3.8) is 0 Å². The van der Waals surface area contributed by atoms with Gasteiger partial charge in [-0.15, -0.1) is 0 Å². The summed E-state index contributed by atoms with van der Waals surface area (Å²) >= 11 is 3.45. The van der Waals surface area contributed by atoms with Crippen LogP contribution in [0.25, 0.3) is 0 Å². The van der Waals surface area contributed by atoms with Crippen LogP contribution in [0, 0.1) is 0 Å². The molecule has 1 aliphatic rings. The SMILES string of the molecule is COC(=O)c1ccc(CN(SC)c2nc3c(s2)CN(C)CC3)cc1. The highest BCUT2D eigenvalue weighted by Crippen LogP contribution is 2.33. The van der Waals surface area contributed by atoms with Gasteiger partial charge in [-0.1, -0.05) is 35.4 Å². The van der Waals surface area contributed by atoms with Crippen LogP contribution in [-0.2, 0) is 24.2 Å². The summed E-state index contributed by atoms with van der Waals surface area (Å²) in [5.41, 5.74) is 2.96. The molecule has 0 atom stereocenters. The number of anilines is 1. The van der Waals surface area contributed by atoms with Crippen LogP contribution in [0.1, 0.15) is 26.5 Å². The summed E-state index contributed by atoms with van der Waals surface area (Å²) in [5, 5.41) is 1.06. The van der Waals surface area contributed by atoms with Crippen molar-refractivity contribution in [2.24, 2.45) is 0 Å². The molecular weight excluding hydrogens is 342 g/mol. The van der Waals surface area contributed by atoms with Gasteiger partial charge < -0.3 is 9.64 Å². The van der Waals surface area contributed by atoms with Gasteiger partial charge in [-0.3, -0.25) is 4.31 Å². The average molecular weight is 364 g/mol. The van der Waals surface area contributed by atoms with Crippen LogP contribution in [0.15, 0.2) is 24.3 Å². The number of carbonyl (C=O) groups excluding carboxylic acids is 1. The van der Waals surface area contributed by atoms with Crippen LogP contribution in [-0.4, -0.2) is 42.8 Å². The minimum Gasteiger partial charge on any atom is -0.465 e. The third kappa shape index (κ3) is 3.74. The number of benzene rings is 1. The summed E-state index contributed by atoms with van der Waals surface area (Å²) in [4.78, 5) is 20.1. The molecule has 0 spiro atoms. The number of thiazole rings is 1. The van der Waals surface area contributed by atoms with Crippen molar-refractivity contribution in [3.8, 4) is 0 Å². The van der Waals surface area contributed by atoms with E-state index in [2.05, 4.69) is 22.5 Å². The fraction of sp³-hybridized carbons (Fsp3) is 0.412. The summed E-state index contributed by atoms with van der Waals surface area (Å²) in [6.07, 6.45) is 3.09. The lowest BCUT2D eigenvalue weighted by Gasteiger charge is -2.20. The minimum atomic E-state index is -0.306. The molecule has 24 heavy (non-hydrogen) atoms. The molecule has 0 amide bonds. The van der Waals surface area contributed by atoms with Crippen molar-refractivity contribution >= 4 is 34.4 Å². The van der Waals surface area contributed by atoms with Gasteiger partial charge in [0.05, 0.1) is 24.9 Å². The normalized spacial score (nSPS) is 14.3. The smallest absolute Gasteiger partial charge is 0.337 e. The van der Waals surface area contributed by atoms with E-state index in [4.69, 9.17) is 9.72 Å². The summed E-state index contributed by atoms with van der Waals surface area (Å²) in [7, 11) is 3.55. The maximum Gasteiger partial charge on any atom is 0.337 e. The molecule has 0 radical (unpaired) electrons. The Bertz CT molecular complexity index is 715. The number of nitrogens with zero attached hydrogens (tertiary/aromatic N) is 3. The lowest BCUT2D eigenvalue weighted by atomic mass is 10.1. The van der Waals surface area contributed by atoms with Gasteiger partial charge in [0.25, 0.3) is 0 Å². The zero-order chi connectivity index (χ0) is 17.1. The van der Waals surface area contributed by atoms with Crippen molar-refractivity contribution in [1.29, 1.82) is 0 Å². The number of aromatic nitrogens is 1. The molecule has 0 aliphatic carbocycles. The highest BCUT2D eigenvalue weighted by atomic mass is 32.2. The summed E-state index contributed by atoms with van der Waals surface area (Å²) in [6.45, 7) is 2.82. The largest absolute Gasteiger partial charge is 0.465 e. The molecule has 3 rings (SSSR count). The molecule has 7 heteroatoms. The quantitative estimate of drug-likeness (QED) is 0.600. The van der Waals surface area contributed by atoms with Crippen molar-refractivity contribution in [1.82, 2.24) is 9.88 Å². The van der Waals surface area contributed by atoms with Crippen LogP contribution >= 0.6 is 23.3 Å². The number of hydrogen-bond acceptors (Lipinski definition) is 7. The number of fused-ring (bicyclic) bond motifs is 1. The van der Waals surface area contributed by atoms with Crippen molar-refractivity contribution < 1.29 is 9.53 Å². The zero-order valence-corrected chi connectivity index (χ0v) is 15.7. The average Bonchev–Trinajstić information content (AvgIpc) is 3.02. The van der Waals surface area contributed by atoms with E-state index < -0.39 is 0 Å². The molecule has 128 valence electrons. The van der Waals surface area contributed by atoms with E-state index in [-0.39, 0.29) is 5.97 Å². The van der Waals surface area contributed by atoms with Crippen LogP contribution < -0.4 is 4.31 Å². The second-order valence-electron chi connectivity index (χ2n) is 5.76. The van der Waals surface area contributed by atoms with Crippen molar-refractivity contribution in [2.45, 2.75) is 19.5 Å². The van der Waals surface area contributed by atoms with Crippen LogP contribution in [0.4, 0.5) is 5.13 Å². The van der Waals surface area contributed by atoms with Gasteiger partial charge >= 0.3 is 5.97 Å². The highest BCUT2D eigenvalue weighted by molar-refractivity contribution is 8.00. The Morgan fingerprint density at radius 1 is 1.42 bits per heavy atom. The molecule has 0 bridgehead atoms. The Labute approximate surface area is 150 Å². The van der Waals surface area contributed by atoms with E-state index in [1.54, 1.807) is 23.3 Å². The number of ether oxygens (including phenoxy) is 1. The van der Waals surface area contributed by atoms with Crippen molar-refractivity contribution in [3.05, 3.63) is 46.0 Å². The Balaban J connectivity index is 1.74. The first-order valence-electron chi connectivity index (χ1n) is 7.76. The molecule has 0 fully saturated rings. The van der Waals surface area contributed by atoms with Gasteiger partial charge in [-0.05, 0) is 24.7 Å². The number of rotatable bonds is 5. The van der Waals surface area contributed by atoms with Gasteiger partial charge in [0.2, 0.25) is 0 Å². The zero-order valence-electron chi connectivity index (χ0n) is 14.1. The van der Waals surface area contributed by atoms with E-state index in [0.717, 1.165) is 36.8 Å². The highest BCUT2D eigenvalue weighted by Gasteiger charge is 2.21. The maximum absolute atomic E-state index is 11.5. The van der Waals surface area contributed by atoms with Crippen LogP contribution in [0.3, 0.4) is 0 Å². The Kier molecular flexibility index (Phi) is 5.43. The Hall–Kier alpha value is -1.57. The van der Waals surface area contributed by atoms with E-state index in [9.17, 15) is 4.79 Å². The summed E-state index contributed by atoms with van der Waals surface area (Å²) in [5.74, 6) is -0.306. The second-order valence-corrected chi connectivity index (χ2v) is 7.63. The third-order valence-corrected chi connectivity index (χ3v) is 6.01. The number of hydrogen-bond donors (Lipinski definition) is 0. The molecule has 0 saturated heterocycles. The third-order valence-electron chi connectivity index (χ3n) is 4.05. The molecule has 2 aromatic rings. The van der Waals surface area contributed by atoms with Crippen molar-refractivity contribution in [2.75, 3.05) is 31.3 Å². The predicted octanol–water partition coefficient (Wildman–Crippen LogP) is 3.20. The van der Waals surface area contributed by atoms with Crippen LogP contribution in [0.5, 0.6) is 0 Å². The lowest BCUT2D eigenvalue weighted by Crippen LogP contribution is -2.25. The molecule has 1 aliphatic heterocycles. The molecule has 1 aromatic carbocycles. The summed E-state index contributed by atoms with van der Waals surface area (Å²) < 4.78 is 6.94. The fourth-order valence-electron chi connectivity index (χ4n) is 2.66. The molecule has 5 nitrogen and oxygen atoms in total. The Morgan fingerprint density at radius 2 is 2.17 bits per heavy atom. The molecule has 0 N–H and O–H groups in total. The van der Waals surface area contributed by atoms with Gasteiger partial charge in [0, 0.05) is 30.6 Å². The van der Waals surface area contributed by atoms with E-state index in [1.807, 2.05) is 24.3 Å². The molecule has 1 aromatic heterocycles. The molecular formula is C17H21N3O2S2. The fourth-order valence-corrected chi connectivity index (χ4v) is 4.56. The first kappa shape index (κ1) is 17.3. The number of likely N-dealkylation sites (N-methyl/N-ethyl adjacent to an activating group) is 1. The van der Waals surface area contributed by atoms with Gasteiger partial charge in [-0.25, -0.2) is 9.78 Å². The second kappa shape index (κ2) is 7.55. The number of carbonyl (C=O) groups is 1. The summed E-state index contributed by atoms with van der Waals surface area (Å²) in [6, 6.07) is 7.55. The van der Waals surface area contributed by atoms with Gasteiger partial charge in [-0.2, -0.15) is 0 Å². The van der Waals surface area contributed by atoms with Gasteiger partial charge in [0.15, 0.2) is 5.13 Å². The first-order chi connectivity index (χ1) is 11.6. The Morgan fingerprint density at radius 3 is 2.83 bits per heavy atom. The minimum absolute atomic E-state index is 0.306. The van der Waals surface area contributed by atoms with Gasteiger partial charge in [0.1, 0.15) is 0 Å². The van der Waals surface area contributed by atoms with E-state index >= 15 is 0 Å². The number of esters is 1. The molecule has 0 unspecified atom stereocenters. The number of methoxy groups -OCH3 is 1. The topological polar surface area (TPSA) is 45.7 Å². The standard InChI is InChI=1S/C17H21N3O2S2/c1-19-9-8-14-15(11-19)24-17(18-14)20(23-3)10-12-4-6-13(7-5-12)16(21)22-2/h4-7H,8-11H2,1-3H3. The van der Waals surface area contributed by atoms with Crippen LogP contribution in [0.2, 0.25) is 0 Å². The maximum atomic E-state index is 11.5. The monoisotopic (exact) mass is 363 g/mol. The lowest BCUT2D eigenvalue weighted by molar-refractivity contribution is 0.0600. The first-order valence-corrected chi connectivity index (χ1v) is 9.76. The van der Waals surface area contributed by atoms with E-state index in [0.29, 0.717) is 5.56 Å². The van der Waals surface area contributed by atoms with E-state index in [1.165, 1.54) is 17.7 Å². The predicted molar refractivity (Wildman–Crippen MR) is 99.6 cm³/mol. The molecule has 2 heterocycles.